The van der Waals surface area contributed by atoms with E-state index in [4.69, 9.17) is 9.97 Å². The van der Waals surface area contributed by atoms with E-state index in [0.717, 1.165) is 39.3 Å². The summed E-state index contributed by atoms with van der Waals surface area (Å²) in [6, 6.07) is 25.7. The lowest BCUT2D eigenvalue weighted by Gasteiger charge is -2.03. The molecule has 0 bridgehead atoms. The van der Waals surface area contributed by atoms with Gasteiger partial charge < -0.3 is 5.11 Å². The lowest BCUT2D eigenvalue weighted by atomic mass is 10.0. The van der Waals surface area contributed by atoms with Gasteiger partial charge in [0.15, 0.2) is 0 Å². The number of hydrogen-bond acceptors (Lipinski definition) is 8. The van der Waals surface area contributed by atoms with Crippen LogP contribution >= 0.6 is 0 Å². The van der Waals surface area contributed by atoms with Crippen LogP contribution in [0.1, 0.15) is 10.4 Å². The van der Waals surface area contributed by atoms with Crippen LogP contribution in [0.5, 0.6) is 5.75 Å². The van der Waals surface area contributed by atoms with E-state index < -0.39 is 0 Å². The van der Waals surface area contributed by atoms with Crippen molar-refractivity contribution in [3.63, 3.8) is 0 Å². The molecule has 0 aliphatic carbocycles. The molecule has 7 rings (SSSR count). The second-order valence-electron chi connectivity index (χ2n) is 9.55. The van der Waals surface area contributed by atoms with E-state index in [1.165, 1.54) is 0 Å². The molecule has 0 saturated carbocycles. The second kappa shape index (κ2) is 9.19. The van der Waals surface area contributed by atoms with Crippen LogP contribution in [-0.4, -0.2) is 21.4 Å². The van der Waals surface area contributed by atoms with Crippen LogP contribution in [0.4, 0.5) is 0 Å². The highest BCUT2D eigenvalue weighted by molar-refractivity contribution is 6.15. The van der Waals surface area contributed by atoms with Crippen molar-refractivity contribution in [2.45, 2.75) is 0 Å². The lowest BCUT2D eigenvalue weighted by Crippen LogP contribution is -2.03. The molecular weight excluding hydrogens is 512 g/mol. The number of carbonyl (C=O) groups excluding carboxylic acids is 1. The number of nitrogens with zero attached hydrogens (tertiary/aromatic N) is 6. The molecule has 6 aromatic carbocycles. The normalized spacial score (nSPS) is 12.3. The Kier molecular flexibility index (Phi) is 5.34. The number of carbonyl (C=O) groups is 1. The molecule has 41 heavy (non-hydrogen) atoms. The molecule has 190 valence electrons. The fraction of sp³-hybridized carbons (Fsp3) is 0. The van der Waals surface area contributed by atoms with Crippen LogP contribution in [0.2, 0.25) is 0 Å². The Bertz CT molecular complexity index is 2440. The Morgan fingerprint density at radius 1 is 0.610 bits per heavy atom. The van der Waals surface area contributed by atoms with Gasteiger partial charge in [-0.05, 0) is 52.6 Å². The van der Waals surface area contributed by atoms with Crippen LogP contribution in [0.25, 0.3) is 65.9 Å². The van der Waals surface area contributed by atoms with Crippen molar-refractivity contribution in [1.82, 2.24) is 9.97 Å². The molecule has 0 fully saturated rings. The molecule has 8 heteroatoms. The molecule has 0 spiro atoms. The van der Waals surface area contributed by atoms with E-state index in [1.807, 2.05) is 67.0 Å². The summed E-state index contributed by atoms with van der Waals surface area (Å²) in [5, 5.41) is 32.8. The summed E-state index contributed by atoms with van der Waals surface area (Å²) in [7, 11) is 0. The van der Waals surface area contributed by atoms with Gasteiger partial charge in [-0.3, -0.25) is 4.79 Å². The number of aldehydes is 1. The monoisotopic (exact) mass is 528 g/mol. The fourth-order valence-corrected chi connectivity index (χ4v) is 5.45. The van der Waals surface area contributed by atoms with Gasteiger partial charge in [0.1, 0.15) is 33.8 Å². The average molecular weight is 529 g/mol. The zero-order valence-electron chi connectivity index (χ0n) is 21.2. The van der Waals surface area contributed by atoms with E-state index in [1.54, 1.807) is 30.3 Å². The Morgan fingerprint density at radius 2 is 1.12 bits per heavy atom. The minimum Gasteiger partial charge on any atom is -0.508 e. The van der Waals surface area contributed by atoms with Gasteiger partial charge in [0.05, 0.1) is 11.0 Å². The number of aromatic hydroxyl groups is 1. The first-order valence-corrected chi connectivity index (χ1v) is 12.6. The van der Waals surface area contributed by atoms with Crippen LogP contribution in [0.3, 0.4) is 0 Å². The van der Waals surface area contributed by atoms with Crippen molar-refractivity contribution in [2.24, 2.45) is 9.98 Å². The maximum absolute atomic E-state index is 11.3. The van der Waals surface area contributed by atoms with E-state index in [9.17, 15) is 20.4 Å². The van der Waals surface area contributed by atoms with Gasteiger partial charge in [0.25, 0.3) is 0 Å². The molecule has 1 heterocycles. The number of benzene rings is 4. The fourth-order valence-electron chi connectivity index (χ4n) is 5.45. The van der Waals surface area contributed by atoms with Crippen molar-refractivity contribution < 1.29 is 9.90 Å². The molecular formula is C33H16N6O2. The summed E-state index contributed by atoms with van der Waals surface area (Å²) in [5.41, 5.74) is 5.97. The third-order valence-corrected chi connectivity index (χ3v) is 7.26. The molecule has 0 saturated heterocycles. The third-order valence-electron chi connectivity index (χ3n) is 7.26. The minimum absolute atomic E-state index is 0.152. The zero-order chi connectivity index (χ0) is 28.1. The first kappa shape index (κ1) is 23.8. The standard InChI is InChI=1S/C33H16N6O2/c34-16-36-28-26-13-21(19-4-1-3-18(11-19)15-40)7-9-24(26)30-32(28)39-31-25-10-8-22(20-5-2-6-23(41)12-20)14-27(25)29(37-17-35)33(31)38-30/h1-15,41H/b36-28+,37-29-. The summed E-state index contributed by atoms with van der Waals surface area (Å²) < 4.78 is 0. The van der Waals surface area contributed by atoms with Gasteiger partial charge in [0.2, 0.25) is 12.4 Å². The minimum atomic E-state index is 0.152. The molecule has 0 amide bonds. The van der Waals surface area contributed by atoms with Crippen LogP contribution in [0.15, 0.2) is 94.9 Å². The summed E-state index contributed by atoms with van der Waals surface area (Å²) in [6.07, 6.45) is 4.60. The first-order valence-electron chi connectivity index (χ1n) is 12.6. The van der Waals surface area contributed by atoms with Crippen LogP contribution < -0.4 is 10.7 Å². The molecule has 0 aliphatic rings. The van der Waals surface area contributed by atoms with Gasteiger partial charge in [-0.1, -0.05) is 54.6 Å². The average Bonchev–Trinajstić information content (AvgIpc) is 3.47. The number of phenolic OH excluding ortho intramolecular Hbond substituents is 1. The van der Waals surface area contributed by atoms with Crippen molar-refractivity contribution in [3.8, 4) is 40.4 Å². The number of rotatable bonds is 3. The van der Waals surface area contributed by atoms with E-state index >= 15 is 0 Å². The molecule has 0 unspecified atom stereocenters. The molecule has 8 nitrogen and oxygen atoms in total. The van der Waals surface area contributed by atoms with Crippen LogP contribution in [-0.2, 0) is 0 Å². The lowest BCUT2D eigenvalue weighted by molar-refractivity contribution is 0.112. The van der Waals surface area contributed by atoms with Gasteiger partial charge in [-0.25, -0.2) is 9.97 Å². The summed E-state index contributed by atoms with van der Waals surface area (Å²) in [5.74, 6) is 0.152. The topological polar surface area (TPSA) is 135 Å². The van der Waals surface area contributed by atoms with Crippen molar-refractivity contribution in [2.75, 3.05) is 0 Å². The number of phenols is 1. The zero-order valence-corrected chi connectivity index (χ0v) is 21.2. The van der Waals surface area contributed by atoms with Crippen molar-refractivity contribution >= 4 is 49.9 Å². The predicted molar refractivity (Wildman–Crippen MR) is 155 cm³/mol. The molecule has 0 radical (unpaired) electrons. The van der Waals surface area contributed by atoms with E-state index in [0.29, 0.717) is 49.1 Å². The first-order chi connectivity index (χ1) is 20.1. The number of aromatic nitrogens is 2. The summed E-state index contributed by atoms with van der Waals surface area (Å²) in [4.78, 5) is 29.5. The largest absolute Gasteiger partial charge is 0.508 e. The molecule has 0 aliphatic heterocycles. The smallest absolute Gasteiger partial charge is 0.206 e. The summed E-state index contributed by atoms with van der Waals surface area (Å²) >= 11 is 0. The molecule has 0 atom stereocenters. The van der Waals surface area contributed by atoms with Gasteiger partial charge in [-0.2, -0.15) is 20.5 Å². The van der Waals surface area contributed by atoms with Crippen LogP contribution in [0, 0.1) is 22.9 Å². The van der Waals surface area contributed by atoms with Crippen molar-refractivity contribution in [3.05, 3.63) is 101 Å². The number of hydrogen-bond donors (Lipinski definition) is 1. The third kappa shape index (κ3) is 3.71. The predicted octanol–water partition coefficient (Wildman–Crippen LogP) is 5.58. The van der Waals surface area contributed by atoms with E-state index in [2.05, 4.69) is 9.98 Å². The maximum Gasteiger partial charge on any atom is 0.206 e. The second-order valence-corrected chi connectivity index (χ2v) is 9.55. The summed E-state index contributed by atoms with van der Waals surface area (Å²) in [6.45, 7) is 0. The molecule has 7 aromatic rings. The van der Waals surface area contributed by atoms with Crippen molar-refractivity contribution in [1.29, 1.82) is 10.5 Å². The highest BCUT2D eigenvalue weighted by Crippen LogP contribution is 2.32. The molecule has 1 N–H and O–H groups in total. The highest BCUT2D eigenvalue weighted by atomic mass is 16.3. The number of nitriles is 2. The van der Waals surface area contributed by atoms with Gasteiger partial charge in [-0.15, -0.1) is 0 Å². The number of fused-ring (bicyclic) bond motifs is 6. The Balaban J connectivity index is 1.54. The van der Waals surface area contributed by atoms with Gasteiger partial charge in [0, 0.05) is 27.1 Å². The quantitative estimate of drug-likeness (QED) is 0.235. The highest BCUT2D eigenvalue weighted by Gasteiger charge is 2.19. The Labute approximate surface area is 231 Å². The Morgan fingerprint density at radius 3 is 1.63 bits per heavy atom. The Hall–Kier alpha value is -6.25. The van der Waals surface area contributed by atoms with Gasteiger partial charge >= 0.3 is 0 Å². The maximum atomic E-state index is 11.3. The molecule has 1 aromatic heterocycles. The van der Waals surface area contributed by atoms with E-state index in [-0.39, 0.29) is 5.75 Å². The SMILES string of the molecule is N#C/N=c1/c2cc(-c3cccc(O)c3)ccc2c2nc3/c(=N/C#N)c4cc(-c5cccc(C=O)c5)ccc4c3nc12.